The van der Waals surface area contributed by atoms with E-state index >= 15 is 0 Å². The Morgan fingerprint density at radius 3 is 2.56 bits per heavy atom. The quantitative estimate of drug-likeness (QED) is 0.812. The van der Waals surface area contributed by atoms with E-state index in [1.165, 1.54) is 12.0 Å². The summed E-state index contributed by atoms with van der Waals surface area (Å²) in [5.41, 5.74) is 2.25. The third-order valence-electron chi connectivity index (χ3n) is 3.05. The molecule has 18 heavy (non-hydrogen) atoms. The lowest BCUT2D eigenvalue weighted by Gasteiger charge is -2.13. The largest absolute Gasteiger partial charge is 0.370 e. The van der Waals surface area contributed by atoms with Crippen LogP contribution in [0.15, 0.2) is 0 Å². The summed E-state index contributed by atoms with van der Waals surface area (Å²) in [5.74, 6) is 2.85. The van der Waals surface area contributed by atoms with Crippen LogP contribution < -0.4 is 5.32 Å². The molecule has 0 aliphatic carbocycles. The third kappa shape index (κ3) is 4.48. The number of hydrogen-bond donors (Lipinski definition) is 1. The number of nitrogens with one attached hydrogen (secondary N) is 1. The lowest BCUT2D eigenvalue weighted by Crippen LogP contribution is -2.09. The number of anilines is 1. The maximum absolute atomic E-state index is 4.63. The Morgan fingerprint density at radius 2 is 1.94 bits per heavy atom. The second-order valence-electron chi connectivity index (χ2n) is 4.66. The molecule has 4 heteroatoms. The molecular weight excluding hydrogens is 242 g/mol. The fourth-order valence-electron chi connectivity index (χ4n) is 1.50. The SMILES string of the molecule is CCCNc1nc(CSC(C)CC)nc(C)c1C. The van der Waals surface area contributed by atoms with Gasteiger partial charge in [-0.25, -0.2) is 9.97 Å². The van der Waals surface area contributed by atoms with Gasteiger partial charge in [0, 0.05) is 23.1 Å². The minimum atomic E-state index is 0.669. The van der Waals surface area contributed by atoms with E-state index < -0.39 is 0 Å². The first kappa shape index (κ1) is 15.3. The summed E-state index contributed by atoms with van der Waals surface area (Å²) in [7, 11) is 0. The summed E-state index contributed by atoms with van der Waals surface area (Å²) in [5, 5.41) is 4.05. The van der Waals surface area contributed by atoms with Crippen molar-refractivity contribution in [3.05, 3.63) is 17.1 Å². The van der Waals surface area contributed by atoms with Gasteiger partial charge in [-0.15, -0.1) is 0 Å². The van der Waals surface area contributed by atoms with Crippen LogP contribution >= 0.6 is 11.8 Å². The second kappa shape index (κ2) is 7.62. The van der Waals surface area contributed by atoms with Crippen molar-refractivity contribution in [3.63, 3.8) is 0 Å². The maximum atomic E-state index is 4.63. The molecule has 1 atom stereocenters. The molecule has 0 aliphatic heterocycles. The van der Waals surface area contributed by atoms with E-state index in [9.17, 15) is 0 Å². The van der Waals surface area contributed by atoms with Crippen LogP contribution in [0.4, 0.5) is 5.82 Å². The molecular formula is C14H25N3S. The van der Waals surface area contributed by atoms with E-state index in [0.717, 1.165) is 36.1 Å². The van der Waals surface area contributed by atoms with Crippen LogP contribution in [0.25, 0.3) is 0 Å². The monoisotopic (exact) mass is 267 g/mol. The van der Waals surface area contributed by atoms with Crippen molar-refractivity contribution < 1.29 is 0 Å². The van der Waals surface area contributed by atoms with Crippen LogP contribution in [0.2, 0.25) is 0 Å². The maximum Gasteiger partial charge on any atom is 0.140 e. The third-order valence-corrected chi connectivity index (χ3v) is 4.38. The molecule has 0 amide bonds. The number of hydrogen-bond acceptors (Lipinski definition) is 4. The molecule has 1 N–H and O–H groups in total. The smallest absolute Gasteiger partial charge is 0.140 e. The molecule has 0 saturated carbocycles. The molecule has 0 aliphatic rings. The van der Waals surface area contributed by atoms with Crippen LogP contribution in [0, 0.1) is 13.8 Å². The predicted octanol–water partition coefficient (Wildman–Crippen LogP) is 3.95. The Labute approximate surface area is 115 Å². The van der Waals surface area contributed by atoms with Gasteiger partial charge in [0.1, 0.15) is 11.6 Å². The molecule has 1 unspecified atom stereocenters. The number of rotatable bonds is 7. The minimum Gasteiger partial charge on any atom is -0.370 e. The molecule has 1 aromatic heterocycles. The average molecular weight is 267 g/mol. The highest BCUT2D eigenvalue weighted by molar-refractivity contribution is 7.99. The molecule has 0 radical (unpaired) electrons. The van der Waals surface area contributed by atoms with Gasteiger partial charge in [-0.05, 0) is 26.7 Å². The molecule has 0 bridgehead atoms. The van der Waals surface area contributed by atoms with Crippen molar-refractivity contribution in [2.24, 2.45) is 0 Å². The minimum absolute atomic E-state index is 0.669. The van der Waals surface area contributed by atoms with Gasteiger partial charge in [-0.2, -0.15) is 11.8 Å². The zero-order valence-electron chi connectivity index (χ0n) is 12.2. The molecule has 102 valence electrons. The van der Waals surface area contributed by atoms with Gasteiger partial charge in [-0.1, -0.05) is 20.8 Å². The molecule has 3 nitrogen and oxygen atoms in total. The van der Waals surface area contributed by atoms with Gasteiger partial charge in [0.2, 0.25) is 0 Å². The van der Waals surface area contributed by atoms with Gasteiger partial charge in [-0.3, -0.25) is 0 Å². The van der Waals surface area contributed by atoms with Crippen molar-refractivity contribution in [2.45, 2.75) is 58.5 Å². The van der Waals surface area contributed by atoms with E-state index in [1.807, 2.05) is 11.8 Å². The number of nitrogens with zero attached hydrogens (tertiary/aromatic N) is 2. The van der Waals surface area contributed by atoms with Crippen molar-refractivity contribution in [3.8, 4) is 0 Å². The summed E-state index contributed by atoms with van der Waals surface area (Å²) in [6, 6.07) is 0. The summed E-state index contributed by atoms with van der Waals surface area (Å²) in [6.07, 6.45) is 2.30. The molecule has 1 aromatic rings. The van der Waals surface area contributed by atoms with Crippen molar-refractivity contribution in [2.75, 3.05) is 11.9 Å². The lowest BCUT2D eigenvalue weighted by molar-refractivity contribution is 0.895. The standard InChI is InChI=1S/C14H25N3S/c1-6-8-15-14-11(4)12(5)16-13(17-14)9-18-10(3)7-2/h10H,6-9H2,1-5H3,(H,15,16,17). The highest BCUT2D eigenvalue weighted by Crippen LogP contribution is 2.21. The second-order valence-corrected chi connectivity index (χ2v) is 6.08. The topological polar surface area (TPSA) is 37.8 Å². The fourth-order valence-corrected chi connectivity index (χ4v) is 2.30. The van der Waals surface area contributed by atoms with Gasteiger partial charge >= 0.3 is 0 Å². The Morgan fingerprint density at radius 1 is 1.22 bits per heavy atom. The molecule has 0 saturated heterocycles. The molecule has 0 aromatic carbocycles. The van der Waals surface area contributed by atoms with Crippen LogP contribution in [0.5, 0.6) is 0 Å². The molecule has 0 fully saturated rings. The Balaban J connectivity index is 2.76. The van der Waals surface area contributed by atoms with E-state index in [2.05, 4.69) is 49.9 Å². The van der Waals surface area contributed by atoms with Crippen molar-refractivity contribution in [1.29, 1.82) is 0 Å². The van der Waals surface area contributed by atoms with E-state index in [1.54, 1.807) is 0 Å². The predicted molar refractivity (Wildman–Crippen MR) is 81.3 cm³/mol. The molecule has 1 rings (SSSR count). The van der Waals surface area contributed by atoms with Gasteiger partial charge in [0.05, 0.1) is 5.75 Å². The van der Waals surface area contributed by atoms with E-state index in [0.29, 0.717) is 5.25 Å². The van der Waals surface area contributed by atoms with Crippen LogP contribution in [-0.2, 0) is 5.75 Å². The first-order chi connectivity index (χ1) is 8.58. The fraction of sp³-hybridized carbons (Fsp3) is 0.714. The van der Waals surface area contributed by atoms with Crippen LogP contribution in [-0.4, -0.2) is 21.8 Å². The zero-order valence-corrected chi connectivity index (χ0v) is 13.0. The van der Waals surface area contributed by atoms with Gasteiger partial charge < -0.3 is 5.32 Å². The molecule has 0 spiro atoms. The summed E-state index contributed by atoms with van der Waals surface area (Å²) < 4.78 is 0. The highest BCUT2D eigenvalue weighted by Gasteiger charge is 2.09. The first-order valence-corrected chi connectivity index (χ1v) is 7.82. The average Bonchev–Trinajstić information content (AvgIpc) is 2.37. The van der Waals surface area contributed by atoms with E-state index in [-0.39, 0.29) is 0 Å². The number of aryl methyl sites for hydroxylation is 1. The number of aromatic nitrogens is 2. The van der Waals surface area contributed by atoms with Crippen molar-refractivity contribution in [1.82, 2.24) is 9.97 Å². The van der Waals surface area contributed by atoms with Gasteiger partial charge in [0.25, 0.3) is 0 Å². The molecule has 1 heterocycles. The zero-order chi connectivity index (χ0) is 13.5. The number of thioether (sulfide) groups is 1. The van der Waals surface area contributed by atoms with Gasteiger partial charge in [0.15, 0.2) is 0 Å². The summed E-state index contributed by atoms with van der Waals surface area (Å²) >= 11 is 1.92. The normalized spacial score (nSPS) is 12.5. The summed E-state index contributed by atoms with van der Waals surface area (Å²) in [6.45, 7) is 11.7. The Kier molecular flexibility index (Phi) is 6.47. The van der Waals surface area contributed by atoms with Crippen LogP contribution in [0.3, 0.4) is 0 Å². The highest BCUT2D eigenvalue weighted by atomic mass is 32.2. The first-order valence-electron chi connectivity index (χ1n) is 6.78. The summed E-state index contributed by atoms with van der Waals surface area (Å²) in [4.78, 5) is 9.21. The lowest BCUT2D eigenvalue weighted by atomic mass is 10.2. The van der Waals surface area contributed by atoms with Crippen molar-refractivity contribution >= 4 is 17.6 Å². The Bertz CT molecular complexity index is 380. The van der Waals surface area contributed by atoms with E-state index in [4.69, 9.17) is 0 Å². The van der Waals surface area contributed by atoms with Crippen LogP contribution in [0.1, 0.15) is 50.7 Å². The Hall–Kier alpha value is -0.770.